The minimum Gasteiger partial charge on any atom is -0.507 e. The molecule has 0 saturated carbocycles. The lowest BCUT2D eigenvalue weighted by molar-refractivity contribution is 0.101. The number of benzene rings is 3. The molecule has 32 heavy (non-hydrogen) atoms. The summed E-state index contributed by atoms with van der Waals surface area (Å²) >= 11 is 0. The van der Waals surface area contributed by atoms with Crippen molar-refractivity contribution in [3.63, 3.8) is 0 Å². The first-order valence-electron chi connectivity index (χ1n) is 10.6. The first-order valence-corrected chi connectivity index (χ1v) is 10.6. The Morgan fingerprint density at radius 1 is 1.09 bits per heavy atom. The molecule has 0 amide bonds. The number of hydrogen-bond donors (Lipinski definition) is 1. The van der Waals surface area contributed by atoms with Gasteiger partial charge in [-0.1, -0.05) is 49.7 Å². The van der Waals surface area contributed by atoms with E-state index in [0.717, 1.165) is 23.1 Å². The number of Topliss-reactive ketones (excluding diaryl/α,β-unsaturated/α-hetero) is 1. The van der Waals surface area contributed by atoms with E-state index in [2.05, 4.69) is 6.07 Å². The van der Waals surface area contributed by atoms with Gasteiger partial charge in [0.15, 0.2) is 5.78 Å². The van der Waals surface area contributed by atoms with Crippen molar-refractivity contribution in [2.75, 3.05) is 7.11 Å². The molecule has 1 N–H and O–H groups in total. The van der Waals surface area contributed by atoms with Crippen molar-refractivity contribution in [3.05, 3.63) is 94.0 Å². The largest absolute Gasteiger partial charge is 0.507 e. The van der Waals surface area contributed by atoms with E-state index in [0.29, 0.717) is 35.5 Å². The van der Waals surface area contributed by atoms with Crippen molar-refractivity contribution in [1.29, 1.82) is 5.26 Å². The molecule has 3 rings (SSSR count). The summed E-state index contributed by atoms with van der Waals surface area (Å²) in [7, 11) is 1.65. The highest BCUT2D eigenvalue weighted by molar-refractivity contribution is 5.97. The normalized spacial score (nSPS) is 11.6. The molecule has 5 heteroatoms. The number of phenolic OH excluding ortho intramolecular Hbond substituents is 1. The summed E-state index contributed by atoms with van der Waals surface area (Å²) < 4.78 is 11.7. The fourth-order valence-corrected chi connectivity index (χ4v) is 3.71. The quantitative estimate of drug-likeness (QED) is 0.439. The molecule has 0 bridgehead atoms. The SMILES string of the molecule is CCCc1c(OCc2ccc(C(OC)c3cccc(C#N)c3)cc2)ccc(C(C)=O)c1O. The number of carbonyl (C=O) groups is 1. The molecule has 0 heterocycles. The van der Waals surface area contributed by atoms with Crippen molar-refractivity contribution < 1.29 is 19.4 Å². The maximum absolute atomic E-state index is 11.7. The molecule has 3 aromatic carbocycles. The lowest BCUT2D eigenvalue weighted by Gasteiger charge is -2.17. The molecule has 5 nitrogen and oxygen atoms in total. The zero-order valence-corrected chi connectivity index (χ0v) is 18.6. The Bertz CT molecular complexity index is 1130. The molecule has 0 saturated heterocycles. The van der Waals surface area contributed by atoms with Crippen molar-refractivity contribution in [1.82, 2.24) is 0 Å². The minimum absolute atomic E-state index is 0.00901. The van der Waals surface area contributed by atoms with E-state index in [1.54, 1.807) is 25.3 Å². The molecule has 164 valence electrons. The highest BCUT2D eigenvalue weighted by atomic mass is 16.5. The molecule has 0 spiro atoms. The van der Waals surface area contributed by atoms with E-state index in [9.17, 15) is 9.90 Å². The Kier molecular flexibility index (Phi) is 7.64. The second-order valence-electron chi connectivity index (χ2n) is 7.63. The highest BCUT2D eigenvalue weighted by Crippen LogP contribution is 2.33. The fourth-order valence-electron chi connectivity index (χ4n) is 3.71. The summed E-state index contributed by atoms with van der Waals surface area (Å²) in [5, 5.41) is 19.7. The fraction of sp³-hybridized carbons (Fsp3) is 0.259. The zero-order valence-electron chi connectivity index (χ0n) is 18.6. The smallest absolute Gasteiger partial charge is 0.163 e. The monoisotopic (exact) mass is 429 g/mol. The van der Waals surface area contributed by atoms with Crippen LogP contribution in [0, 0.1) is 11.3 Å². The number of methoxy groups -OCH3 is 1. The number of ketones is 1. The third-order valence-corrected chi connectivity index (χ3v) is 5.35. The Morgan fingerprint density at radius 2 is 1.84 bits per heavy atom. The molecule has 0 aliphatic heterocycles. The lowest BCUT2D eigenvalue weighted by Crippen LogP contribution is -2.05. The van der Waals surface area contributed by atoms with Crippen LogP contribution in [-0.4, -0.2) is 18.0 Å². The number of phenols is 1. The summed E-state index contributed by atoms with van der Waals surface area (Å²) in [6.07, 6.45) is 1.18. The maximum Gasteiger partial charge on any atom is 0.163 e. The second kappa shape index (κ2) is 10.6. The lowest BCUT2D eigenvalue weighted by atomic mass is 9.99. The van der Waals surface area contributed by atoms with Gasteiger partial charge in [-0.3, -0.25) is 4.79 Å². The summed E-state index contributed by atoms with van der Waals surface area (Å²) in [6.45, 7) is 3.79. The van der Waals surface area contributed by atoms with Crippen LogP contribution < -0.4 is 4.74 Å². The first kappa shape index (κ1) is 23.1. The Labute approximate surface area is 188 Å². The summed E-state index contributed by atoms with van der Waals surface area (Å²) in [4.78, 5) is 11.7. The number of carbonyl (C=O) groups excluding carboxylic acids is 1. The number of ether oxygens (including phenoxy) is 2. The number of hydrogen-bond acceptors (Lipinski definition) is 5. The number of nitrogens with zero attached hydrogens (tertiary/aromatic N) is 1. The molecule has 1 atom stereocenters. The van der Waals surface area contributed by atoms with Crippen LogP contribution in [0.4, 0.5) is 0 Å². The molecule has 1 unspecified atom stereocenters. The standard InChI is InChI=1S/C27H27NO4/c1-4-6-24-25(14-13-23(18(2)29)26(24)30)32-17-19-9-11-21(12-10-19)27(31-3)22-8-5-7-20(15-22)16-28/h5,7-15,27,30H,4,6,17H2,1-3H3. The van der Waals surface area contributed by atoms with Gasteiger partial charge in [-0.15, -0.1) is 0 Å². The number of nitriles is 1. The van der Waals surface area contributed by atoms with E-state index in [1.165, 1.54) is 6.92 Å². The van der Waals surface area contributed by atoms with Gasteiger partial charge in [-0.05, 0) is 54.3 Å². The van der Waals surface area contributed by atoms with Crippen molar-refractivity contribution in [3.8, 4) is 17.6 Å². The van der Waals surface area contributed by atoms with E-state index in [4.69, 9.17) is 14.7 Å². The number of rotatable bonds is 9. The van der Waals surface area contributed by atoms with Crippen LogP contribution >= 0.6 is 0 Å². The highest BCUT2D eigenvalue weighted by Gasteiger charge is 2.17. The molecule has 0 radical (unpaired) electrons. The predicted octanol–water partition coefficient (Wildman–Crippen LogP) is 5.73. The van der Waals surface area contributed by atoms with Gasteiger partial charge in [0.25, 0.3) is 0 Å². The first-order chi connectivity index (χ1) is 15.5. The summed E-state index contributed by atoms with van der Waals surface area (Å²) in [6, 6.07) is 20.8. The molecule has 0 aliphatic carbocycles. The van der Waals surface area contributed by atoms with Gasteiger partial charge in [0, 0.05) is 12.7 Å². The van der Waals surface area contributed by atoms with Crippen LogP contribution in [0.5, 0.6) is 11.5 Å². The topological polar surface area (TPSA) is 79.5 Å². The van der Waals surface area contributed by atoms with Gasteiger partial charge in [0.2, 0.25) is 0 Å². The van der Waals surface area contributed by atoms with Crippen LogP contribution in [0.15, 0.2) is 60.7 Å². The van der Waals surface area contributed by atoms with Gasteiger partial charge in [0.1, 0.15) is 24.2 Å². The molecular formula is C27H27NO4. The second-order valence-corrected chi connectivity index (χ2v) is 7.63. The van der Waals surface area contributed by atoms with Crippen molar-refractivity contribution in [2.24, 2.45) is 0 Å². The third-order valence-electron chi connectivity index (χ3n) is 5.35. The van der Waals surface area contributed by atoms with Gasteiger partial charge < -0.3 is 14.6 Å². The minimum atomic E-state index is -0.273. The average Bonchev–Trinajstić information content (AvgIpc) is 2.81. The molecule has 0 aromatic heterocycles. The van der Waals surface area contributed by atoms with Gasteiger partial charge in [0.05, 0.1) is 17.2 Å². The summed E-state index contributed by atoms with van der Waals surface area (Å²) in [5.41, 5.74) is 4.43. The van der Waals surface area contributed by atoms with Crippen molar-refractivity contribution >= 4 is 5.78 Å². The van der Waals surface area contributed by atoms with Crippen LogP contribution in [0.1, 0.15) is 64.5 Å². The molecule has 3 aromatic rings. The molecule has 0 fully saturated rings. The Morgan fingerprint density at radius 3 is 2.47 bits per heavy atom. The molecular weight excluding hydrogens is 402 g/mol. The van der Waals surface area contributed by atoms with Crippen LogP contribution in [-0.2, 0) is 17.8 Å². The van der Waals surface area contributed by atoms with E-state index >= 15 is 0 Å². The average molecular weight is 430 g/mol. The van der Waals surface area contributed by atoms with Gasteiger partial charge >= 0.3 is 0 Å². The maximum atomic E-state index is 11.7. The Balaban J connectivity index is 1.77. The summed E-state index contributed by atoms with van der Waals surface area (Å²) in [5.74, 6) is 0.422. The predicted molar refractivity (Wildman–Crippen MR) is 123 cm³/mol. The van der Waals surface area contributed by atoms with Crippen LogP contribution in [0.3, 0.4) is 0 Å². The van der Waals surface area contributed by atoms with Gasteiger partial charge in [-0.2, -0.15) is 5.26 Å². The molecule has 0 aliphatic rings. The Hall–Kier alpha value is -3.62. The van der Waals surface area contributed by atoms with Crippen LogP contribution in [0.2, 0.25) is 0 Å². The van der Waals surface area contributed by atoms with E-state index in [1.807, 2.05) is 49.4 Å². The van der Waals surface area contributed by atoms with E-state index in [-0.39, 0.29) is 17.6 Å². The van der Waals surface area contributed by atoms with Crippen LogP contribution in [0.25, 0.3) is 0 Å². The zero-order chi connectivity index (χ0) is 23.1. The number of aromatic hydroxyl groups is 1. The van der Waals surface area contributed by atoms with Gasteiger partial charge in [-0.25, -0.2) is 0 Å². The van der Waals surface area contributed by atoms with Crippen molar-refractivity contribution in [2.45, 2.75) is 39.4 Å². The third kappa shape index (κ3) is 5.16. The van der Waals surface area contributed by atoms with E-state index < -0.39 is 0 Å².